The number of carbonyl (C=O) groups excluding carboxylic acids is 1. The summed E-state index contributed by atoms with van der Waals surface area (Å²) in [6, 6.07) is 9.40. The van der Waals surface area contributed by atoms with Gasteiger partial charge in [-0.25, -0.2) is 19.7 Å². The van der Waals surface area contributed by atoms with Crippen molar-refractivity contribution in [3.63, 3.8) is 0 Å². The van der Waals surface area contributed by atoms with Crippen LogP contribution in [0.1, 0.15) is 17.8 Å². The molecule has 7 heteroatoms. The fourth-order valence-electron chi connectivity index (χ4n) is 2.12. The van der Waals surface area contributed by atoms with Crippen LogP contribution in [0, 0.1) is 0 Å². The third-order valence-electron chi connectivity index (χ3n) is 3.38. The van der Waals surface area contributed by atoms with Crippen LogP contribution in [-0.2, 0) is 0 Å². The van der Waals surface area contributed by atoms with E-state index in [-0.39, 0.29) is 11.9 Å². The SMILES string of the molecule is CC(CNC(=O)Nc1cnc(-c2ccccc2)nc1)c1nccs1. The van der Waals surface area contributed by atoms with E-state index in [0.29, 0.717) is 18.1 Å². The number of benzene rings is 1. The minimum absolute atomic E-state index is 0.174. The molecule has 3 aromatic rings. The van der Waals surface area contributed by atoms with E-state index in [1.807, 2.05) is 42.6 Å². The maximum Gasteiger partial charge on any atom is 0.319 e. The van der Waals surface area contributed by atoms with Crippen molar-refractivity contribution in [3.05, 3.63) is 59.3 Å². The van der Waals surface area contributed by atoms with Crippen LogP contribution < -0.4 is 10.6 Å². The Balaban J connectivity index is 1.53. The molecule has 6 nitrogen and oxygen atoms in total. The fourth-order valence-corrected chi connectivity index (χ4v) is 2.81. The molecule has 0 saturated heterocycles. The van der Waals surface area contributed by atoms with Gasteiger partial charge < -0.3 is 10.6 Å². The molecule has 0 aliphatic rings. The molecule has 1 unspecified atom stereocenters. The molecule has 2 N–H and O–H groups in total. The molecular weight excluding hydrogens is 322 g/mol. The minimum Gasteiger partial charge on any atom is -0.337 e. The van der Waals surface area contributed by atoms with E-state index in [1.54, 1.807) is 29.9 Å². The topological polar surface area (TPSA) is 79.8 Å². The van der Waals surface area contributed by atoms with Crippen LogP contribution in [0.15, 0.2) is 54.3 Å². The lowest BCUT2D eigenvalue weighted by atomic mass is 10.2. The Kier molecular flexibility index (Phi) is 5.12. The summed E-state index contributed by atoms with van der Waals surface area (Å²) < 4.78 is 0. The summed E-state index contributed by atoms with van der Waals surface area (Å²) in [5, 5.41) is 8.49. The van der Waals surface area contributed by atoms with Gasteiger partial charge in [-0.2, -0.15) is 0 Å². The zero-order valence-electron chi connectivity index (χ0n) is 13.1. The number of hydrogen-bond donors (Lipinski definition) is 2. The molecule has 3 rings (SSSR count). The number of amides is 2. The smallest absolute Gasteiger partial charge is 0.319 e. The summed E-state index contributed by atoms with van der Waals surface area (Å²) in [6.07, 6.45) is 4.96. The van der Waals surface area contributed by atoms with Gasteiger partial charge in [0.05, 0.1) is 23.1 Å². The molecule has 0 fully saturated rings. The third kappa shape index (κ3) is 4.14. The Morgan fingerprint density at radius 3 is 2.58 bits per heavy atom. The number of carbonyl (C=O) groups is 1. The van der Waals surface area contributed by atoms with Crippen LogP contribution >= 0.6 is 11.3 Å². The summed E-state index contributed by atoms with van der Waals surface area (Å²) in [5.74, 6) is 0.798. The lowest BCUT2D eigenvalue weighted by molar-refractivity contribution is 0.251. The van der Waals surface area contributed by atoms with Crippen molar-refractivity contribution >= 4 is 23.1 Å². The van der Waals surface area contributed by atoms with Gasteiger partial charge in [0.25, 0.3) is 0 Å². The normalized spacial score (nSPS) is 11.7. The van der Waals surface area contributed by atoms with Gasteiger partial charge in [0.2, 0.25) is 0 Å². The van der Waals surface area contributed by atoms with Crippen molar-refractivity contribution in [2.24, 2.45) is 0 Å². The first-order valence-electron chi connectivity index (χ1n) is 7.54. The molecule has 2 aromatic heterocycles. The quantitative estimate of drug-likeness (QED) is 0.745. The van der Waals surface area contributed by atoms with E-state index < -0.39 is 0 Å². The number of aromatic nitrogens is 3. The average molecular weight is 339 g/mol. The highest BCUT2D eigenvalue weighted by Gasteiger charge is 2.10. The van der Waals surface area contributed by atoms with Gasteiger partial charge in [0, 0.05) is 29.6 Å². The molecule has 1 aromatic carbocycles. The van der Waals surface area contributed by atoms with E-state index in [0.717, 1.165) is 10.6 Å². The summed E-state index contributed by atoms with van der Waals surface area (Å²) >= 11 is 1.58. The van der Waals surface area contributed by atoms with Gasteiger partial charge >= 0.3 is 6.03 Å². The number of rotatable bonds is 5. The second-order valence-electron chi connectivity index (χ2n) is 5.27. The summed E-state index contributed by atoms with van der Waals surface area (Å²) in [7, 11) is 0. The first-order chi connectivity index (χ1) is 11.7. The molecular formula is C17H17N5OS. The number of urea groups is 1. The van der Waals surface area contributed by atoms with Crippen LogP contribution in [-0.4, -0.2) is 27.5 Å². The minimum atomic E-state index is -0.283. The first-order valence-corrected chi connectivity index (χ1v) is 8.42. The van der Waals surface area contributed by atoms with Gasteiger partial charge in [-0.1, -0.05) is 37.3 Å². The third-order valence-corrected chi connectivity index (χ3v) is 4.39. The van der Waals surface area contributed by atoms with E-state index >= 15 is 0 Å². The maximum atomic E-state index is 11.9. The number of anilines is 1. The van der Waals surface area contributed by atoms with Crippen molar-refractivity contribution in [1.29, 1.82) is 0 Å². The maximum absolute atomic E-state index is 11.9. The van der Waals surface area contributed by atoms with Crippen LogP contribution in [0.3, 0.4) is 0 Å². The molecule has 122 valence electrons. The lowest BCUT2D eigenvalue weighted by Crippen LogP contribution is -2.31. The first kappa shape index (κ1) is 16.1. The van der Waals surface area contributed by atoms with Crippen molar-refractivity contribution in [3.8, 4) is 11.4 Å². The Morgan fingerprint density at radius 2 is 1.92 bits per heavy atom. The summed E-state index contributed by atoms with van der Waals surface area (Å²) in [5.41, 5.74) is 1.49. The van der Waals surface area contributed by atoms with E-state index in [1.165, 1.54) is 0 Å². The summed E-state index contributed by atoms with van der Waals surface area (Å²) in [4.78, 5) is 24.7. The van der Waals surface area contributed by atoms with Gasteiger partial charge in [-0.05, 0) is 0 Å². The zero-order valence-corrected chi connectivity index (χ0v) is 14.0. The Labute approximate surface area is 144 Å². The van der Waals surface area contributed by atoms with Crippen LogP contribution in [0.5, 0.6) is 0 Å². The van der Waals surface area contributed by atoms with Crippen LogP contribution in [0.2, 0.25) is 0 Å². The fraction of sp³-hybridized carbons (Fsp3) is 0.176. The Bertz CT molecular complexity index is 775. The van der Waals surface area contributed by atoms with Crippen molar-refractivity contribution in [1.82, 2.24) is 20.3 Å². The van der Waals surface area contributed by atoms with E-state index in [2.05, 4.69) is 25.6 Å². The highest BCUT2D eigenvalue weighted by molar-refractivity contribution is 7.09. The Morgan fingerprint density at radius 1 is 1.17 bits per heavy atom. The molecule has 0 spiro atoms. The molecule has 0 aliphatic carbocycles. The lowest BCUT2D eigenvalue weighted by Gasteiger charge is -2.11. The molecule has 24 heavy (non-hydrogen) atoms. The van der Waals surface area contributed by atoms with Gasteiger partial charge in [0.1, 0.15) is 0 Å². The zero-order chi connectivity index (χ0) is 16.8. The number of thiazole rings is 1. The molecule has 0 bridgehead atoms. The number of hydrogen-bond acceptors (Lipinski definition) is 5. The van der Waals surface area contributed by atoms with Gasteiger partial charge in [-0.15, -0.1) is 11.3 Å². The van der Waals surface area contributed by atoms with Crippen molar-refractivity contribution in [2.75, 3.05) is 11.9 Å². The highest BCUT2D eigenvalue weighted by atomic mass is 32.1. The van der Waals surface area contributed by atoms with E-state index in [9.17, 15) is 4.79 Å². The van der Waals surface area contributed by atoms with E-state index in [4.69, 9.17) is 0 Å². The van der Waals surface area contributed by atoms with Crippen LogP contribution in [0.25, 0.3) is 11.4 Å². The second-order valence-corrected chi connectivity index (χ2v) is 6.19. The highest BCUT2D eigenvalue weighted by Crippen LogP contribution is 2.17. The number of nitrogens with one attached hydrogen (secondary N) is 2. The molecule has 2 amide bonds. The predicted molar refractivity (Wildman–Crippen MR) is 95.0 cm³/mol. The van der Waals surface area contributed by atoms with Crippen molar-refractivity contribution in [2.45, 2.75) is 12.8 Å². The van der Waals surface area contributed by atoms with Crippen molar-refractivity contribution < 1.29 is 4.79 Å². The molecule has 2 heterocycles. The van der Waals surface area contributed by atoms with Crippen LogP contribution in [0.4, 0.5) is 10.5 Å². The van der Waals surface area contributed by atoms with Gasteiger partial charge in [0.15, 0.2) is 5.82 Å². The summed E-state index contributed by atoms with van der Waals surface area (Å²) in [6.45, 7) is 2.54. The predicted octanol–water partition coefficient (Wildman–Crippen LogP) is 3.53. The van der Waals surface area contributed by atoms with Gasteiger partial charge in [-0.3, -0.25) is 0 Å². The monoisotopic (exact) mass is 339 g/mol. The Hall–Kier alpha value is -2.80. The molecule has 0 aliphatic heterocycles. The second kappa shape index (κ2) is 7.65. The number of nitrogens with zero attached hydrogens (tertiary/aromatic N) is 3. The molecule has 0 radical (unpaired) electrons. The molecule has 0 saturated carbocycles. The average Bonchev–Trinajstić information content (AvgIpc) is 3.16. The molecule has 1 atom stereocenters. The standard InChI is InChI=1S/C17H17N5OS/c1-12(16-18-7-8-24-16)9-21-17(23)22-14-10-19-15(20-11-14)13-5-3-2-4-6-13/h2-8,10-12H,9H2,1H3,(H2,21,22,23). The largest absolute Gasteiger partial charge is 0.337 e.